The summed E-state index contributed by atoms with van der Waals surface area (Å²) in [6, 6.07) is 0. The first-order valence-electron chi connectivity index (χ1n) is 8.59. The van der Waals surface area contributed by atoms with Crippen LogP contribution in [0.3, 0.4) is 0 Å². The van der Waals surface area contributed by atoms with E-state index in [1.54, 1.807) is 0 Å². The number of amides is 1. The van der Waals surface area contributed by atoms with Crippen LogP contribution >= 0.6 is 0 Å². The second-order valence-corrected chi connectivity index (χ2v) is 7.18. The minimum atomic E-state index is 0.211. The van der Waals surface area contributed by atoms with Crippen LogP contribution in [0.15, 0.2) is 12.7 Å². The summed E-state index contributed by atoms with van der Waals surface area (Å²) >= 11 is 0. The van der Waals surface area contributed by atoms with E-state index in [4.69, 9.17) is 9.47 Å². The van der Waals surface area contributed by atoms with Crippen LogP contribution in [0.25, 0.3) is 0 Å². The summed E-state index contributed by atoms with van der Waals surface area (Å²) in [5.41, 5.74) is 0. The molecule has 1 amide bonds. The van der Waals surface area contributed by atoms with E-state index >= 15 is 0 Å². The predicted octanol–water partition coefficient (Wildman–Crippen LogP) is 0.614. The van der Waals surface area contributed by atoms with E-state index in [9.17, 15) is 4.79 Å². The molecule has 4 aliphatic rings. The van der Waals surface area contributed by atoms with E-state index < -0.39 is 0 Å². The molecule has 5 atom stereocenters. The van der Waals surface area contributed by atoms with Gasteiger partial charge in [0.25, 0.3) is 0 Å². The van der Waals surface area contributed by atoms with Gasteiger partial charge in [0.05, 0.1) is 25.9 Å². The number of likely N-dealkylation sites (tertiary alicyclic amines) is 1. The fraction of sp³-hybridized carbons (Fsp3) is 0.824. The maximum absolute atomic E-state index is 12.7. The standard InChI is InChI=1S/C17H26N2O3/c1-2-4-18-6-7-22-15-9-19(5-3-12(15)8-18)17(20)16-13-10-21-11-14(13)16/h2,12-16H,1,3-11H2/t12?,13-,14+,15?,16?. The highest BCUT2D eigenvalue weighted by molar-refractivity contribution is 5.82. The van der Waals surface area contributed by atoms with Crippen LogP contribution in [-0.4, -0.2) is 74.4 Å². The van der Waals surface area contributed by atoms with Crippen molar-refractivity contribution in [3.05, 3.63) is 12.7 Å². The maximum Gasteiger partial charge on any atom is 0.226 e. The van der Waals surface area contributed by atoms with Gasteiger partial charge in [0.1, 0.15) is 0 Å². The molecule has 3 saturated heterocycles. The van der Waals surface area contributed by atoms with Crippen LogP contribution in [0.4, 0.5) is 0 Å². The molecule has 0 radical (unpaired) electrons. The Morgan fingerprint density at radius 2 is 2.05 bits per heavy atom. The van der Waals surface area contributed by atoms with Crippen molar-refractivity contribution in [2.24, 2.45) is 23.7 Å². The normalized spacial score (nSPS) is 41.5. The van der Waals surface area contributed by atoms with Gasteiger partial charge < -0.3 is 14.4 Å². The topological polar surface area (TPSA) is 42.0 Å². The Labute approximate surface area is 132 Å². The summed E-state index contributed by atoms with van der Waals surface area (Å²) in [7, 11) is 0. The van der Waals surface area contributed by atoms with Crippen molar-refractivity contribution in [3.63, 3.8) is 0 Å². The molecular formula is C17H26N2O3. The zero-order valence-electron chi connectivity index (χ0n) is 13.2. The number of hydrogen-bond acceptors (Lipinski definition) is 4. The lowest BCUT2D eigenvalue weighted by Gasteiger charge is -2.38. The first-order chi connectivity index (χ1) is 10.8. The molecule has 122 valence electrons. The van der Waals surface area contributed by atoms with E-state index in [0.29, 0.717) is 23.7 Å². The van der Waals surface area contributed by atoms with Gasteiger partial charge in [-0.2, -0.15) is 0 Å². The highest BCUT2D eigenvalue weighted by atomic mass is 16.5. The van der Waals surface area contributed by atoms with Gasteiger partial charge in [-0.3, -0.25) is 9.69 Å². The van der Waals surface area contributed by atoms with E-state index in [2.05, 4.69) is 16.4 Å². The van der Waals surface area contributed by atoms with Gasteiger partial charge in [-0.15, -0.1) is 6.58 Å². The highest BCUT2D eigenvalue weighted by Gasteiger charge is 2.59. The van der Waals surface area contributed by atoms with Gasteiger partial charge in [0.2, 0.25) is 5.91 Å². The highest BCUT2D eigenvalue weighted by Crippen LogP contribution is 2.51. The Kier molecular flexibility index (Phi) is 3.96. The SMILES string of the molecule is C=CCN1CCOC2CN(C(=O)C3[C@H]4COC[C@@H]34)CCC2C1. The lowest BCUT2D eigenvalue weighted by molar-refractivity contribution is -0.139. The van der Waals surface area contributed by atoms with Crippen LogP contribution in [0.5, 0.6) is 0 Å². The molecule has 3 unspecified atom stereocenters. The molecule has 4 rings (SSSR count). The number of piperidine rings is 1. The molecule has 0 spiro atoms. The minimum absolute atomic E-state index is 0.211. The average Bonchev–Trinajstić information content (AvgIpc) is 3.09. The smallest absolute Gasteiger partial charge is 0.226 e. The maximum atomic E-state index is 12.7. The van der Waals surface area contributed by atoms with E-state index in [0.717, 1.165) is 59.0 Å². The number of rotatable bonds is 3. The van der Waals surface area contributed by atoms with Crippen molar-refractivity contribution in [2.45, 2.75) is 12.5 Å². The minimum Gasteiger partial charge on any atom is -0.381 e. The van der Waals surface area contributed by atoms with Crippen molar-refractivity contribution < 1.29 is 14.3 Å². The molecule has 0 aromatic heterocycles. The van der Waals surface area contributed by atoms with Crippen molar-refractivity contribution in [2.75, 3.05) is 52.5 Å². The summed E-state index contributed by atoms with van der Waals surface area (Å²) in [6.45, 7) is 10.8. The lowest BCUT2D eigenvalue weighted by Crippen LogP contribution is -2.50. The molecule has 22 heavy (non-hydrogen) atoms. The molecule has 0 N–H and O–H groups in total. The molecular weight excluding hydrogens is 280 g/mol. The largest absolute Gasteiger partial charge is 0.381 e. The van der Waals surface area contributed by atoms with Gasteiger partial charge in [0.15, 0.2) is 0 Å². The van der Waals surface area contributed by atoms with Crippen LogP contribution in [-0.2, 0) is 14.3 Å². The summed E-state index contributed by atoms with van der Waals surface area (Å²) in [5.74, 6) is 2.15. The molecule has 0 bridgehead atoms. The molecule has 5 heteroatoms. The fourth-order valence-corrected chi connectivity index (χ4v) is 4.48. The molecule has 1 aliphatic carbocycles. The molecule has 3 heterocycles. The molecule has 5 nitrogen and oxygen atoms in total. The van der Waals surface area contributed by atoms with Gasteiger partial charge in [-0.25, -0.2) is 0 Å². The number of fused-ring (bicyclic) bond motifs is 2. The van der Waals surface area contributed by atoms with Crippen molar-refractivity contribution in [3.8, 4) is 0 Å². The molecule has 0 aromatic rings. The van der Waals surface area contributed by atoms with E-state index in [1.807, 2.05) is 6.08 Å². The van der Waals surface area contributed by atoms with Crippen LogP contribution < -0.4 is 0 Å². The third kappa shape index (κ3) is 2.59. The summed E-state index contributed by atoms with van der Waals surface area (Å²) in [6.07, 6.45) is 3.23. The number of nitrogens with zero attached hydrogens (tertiary/aromatic N) is 2. The molecule has 0 aromatic carbocycles. The quantitative estimate of drug-likeness (QED) is 0.717. The first-order valence-corrected chi connectivity index (χ1v) is 8.59. The second kappa shape index (κ2) is 5.95. The number of carbonyl (C=O) groups excluding carboxylic acids is 1. The molecule has 4 fully saturated rings. The van der Waals surface area contributed by atoms with Gasteiger partial charge in [0, 0.05) is 44.6 Å². The second-order valence-electron chi connectivity index (χ2n) is 7.18. The number of ether oxygens (including phenoxy) is 2. The molecule has 3 aliphatic heterocycles. The Morgan fingerprint density at radius 3 is 2.82 bits per heavy atom. The van der Waals surface area contributed by atoms with E-state index in [-0.39, 0.29) is 12.0 Å². The van der Waals surface area contributed by atoms with Crippen LogP contribution in [0.1, 0.15) is 6.42 Å². The van der Waals surface area contributed by atoms with E-state index in [1.165, 1.54) is 0 Å². The monoisotopic (exact) mass is 306 g/mol. The van der Waals surface area contributed by atoms with Crippen molar-refractivity contribution in [1.82, 2.24) is 9.80 Å². The Bertz CT molecular complexity index is 445. The Balaban J connectivity index is 1.35. The summed E-state index contributed by atoms with van der Waals surface area (Å²) < 4.78 is 11.5. The third-order valence-electron chi connectivity index (χ3n) is 5.86. The average molecular weight is 306 g/mol. The number of carbonyl (C=O) groups is 1. The lowest BCUT2D eigenvalue weighted by atomic mass is 9.93. The van der Waals surface area contributed by atoms with Gasteiger partial charge in [-0.1, -0.05) is 6.08 Å². The van der Waals surface area contributed by atoms with Crippen molar-refractivity contribution >= 4 is 5.91 Å². The van der Waals surface area contributed by atoms with Crippen LogP contribution in [0.2, 0.25) is 0 Å². The Morgan fingerprint density at radius 1 is 1.23 bits per heavy atom. The Hall–Kier alpha value is -0.910. The molecule has 1 saturated carbocycles. The first kappa shape index (κ1) is 14.7. The zero-order valence-corrected chi connectivity index (χ0v) is 13.2. The van der Waals surface area contributed by atoms with Crippen molar-refractivity contribution in [1.29, 1.82) is 0 Å². The van der Waals surface area contributed by atoms with Gasteiger partial charge >= 0.3 is 0 Å². The third-order valence-corrected chi connectivity index (χ3v) is 5.86. The number of hydrogen-bond donors (Lipinski definition) is 0. The van der Waals surface area contributed by atoms with Gasteiger partial charge in [-0.05, 0) is 18.3 Å². The van der Waals surface area contributed by atoms with Crippen LogP contribution in [0, 0.1) is 23.7 Å². The predicted molar refractivity (Wildman–Crippen MR) is 82.4 cm³/mol. The summed E-state index contributed by atoms with van der Waals surface area (Å²) in [5, 5.41) is 0. The summed E-state index contributed by atoms with van der Waals surface area (Å²) in [4.78, 5) is 17.2. The fourth-order valence-electron chi connectivity index (χ4n) is 4.48. The zero-order chi connectivity index (χ0) is 15.1.